The van der Waals surface area contributed by atoms with Gasteiger partial charge in [-0.05, 0) is 92.6 Å². The molecule has 1 aromatic carbocycles. The Morgan fingerprint density at radius 1 is 0.351 bits per heavy atom. The topological polar surface area (TPSA) is 61.9 Å². The third-order valence-corrected chi connectivity index (χ3v) is 27.6. The fourth-order valence-electron chi connectivity index (χ4n) is 16.3. The first-order valence-corrected chi connectivity index (χ1v) is 45.3. The number of carbonyl (C=O) groups is 1. The van der Waals surface area contributed by atoms with Crippen LogP contribution in [0.4, 0.5) is 0 Å². The molecular weight excluding hydrogens is 1280 g/mol. The molecule has 7 aromatic heterocycles. The molecule has 0 radical (unpaired) electrons. The lowest BCUT2D eigenvalue weighted by atomic mass is 9.93. The van der Waals surface area contributed by atoms with E-state index in [4.69, 9.17) is 13.5 Å². The molecule has 2 atom stereocenters. The van der Waals surface area contributed by atoms with Crippen LogP contribution >= 0.6 is 57.1 Å². The molecule has 0 spiro atoms. The van der Waals surface area contributed by atoms with E-state index in [2.05, 4.69) is 85.5 Å². The number of methoxy groups -OCH3 is 1. The van der Waals surface area contributed by atoms with Gasteiger partial charge in [0, 0.05) is 33.6 Å². The van der Waals surface area contributed by atoms with Crippen molar-refractivity contribution in [3.05, 3.63) is 33.2 Å². The van der Waals surface area contributed by atoms with E-state index >= 15 is 0 Å². The summed E-state index contributed by atoms with van der Waals surface area (Å²) in [4.78, 5) is 15.0. The summed E-state index contributed by atoms with van der Waals surface area (Å²) in [5.41, 5.74) is 11.0. The molecule has 97 heavy (non-hydrogen) atoms. The Morgan fingerprint density at radius 3 is 0.969 bits per heavy atom. The molecule has 6 nitrogen and oxygen atoms in total. The van der Waals surface area contributed by atoms with Gasteiger partial charge in [-0.15, -0.1) is 45.3 Å². The summed E-state index contributed by atoms with van der Waals surface area (Å²) >= 11 is 9.64. The smallest absolute Gasteiger partial charge is 0.142 e. The molecular formula is C86H136N4O2S5. The van der Waals surface area contributed by atoms with Gasteiger partial charge in [0.25, 0.3) is 0 Å². The molecule has 7 heterocycles. The first kappa shape index (κ1) is 79.6. The number of unbranched alkanes of at least 4 members (excludes halogenated alkanes) is 40. The second-order valence-corrected chi connectivity index (χ2v) is 34.6. The molecule has 0 fully saturated rings. The first-order chi connectivity index (χ1) is 48.0. The molecule has 8 rings (SSSR count). The number of nitrogens with zero attached hydrogens (tertiary/aromatic N) is 4. The van der Waals surface area contributed by atoms with Crippen molar-refractivity contribution in [2.24, 2.45) is 11.8 Å². The first-order valence-electron chi connectivity index (χ1n) is 41.3. The molecule has 0 bridgehead atoms. The highest BCUT2D eigenvalue weighted by Crippen LogP contribution is 2.55. The molecule has 0 N–H and O–H groups in total. The van der Waals surface area contributed by atoms with Crippen LogP contribution in [0.15, 0.2) is 12.3 Å². The SMILES string of the molecule is CCCCCCCCCCCCC(CCCCCCCCCC)Cn1c2c3sc(/C=C/C=O)c(CCCCCCCCCCC)c3sc2c2c3nsnc3c3c4sc5c(CCCCCCCCCCC)c(/C=C/OC)sc5c4n(CC(CCCCCC)CCCCCCCC)c3c21. The maximum atomic E-state index is 12.3. The minimum atomic E-state index is 0.573. The van der Waals surface area contributed by atoms with Gasteiger partial charge >= 0.3 is 0 Å². The van der Waals surface area contributed by atoms with Gasteiger partial charge in [-0.3, -0.25) is 4.79 Å². The molecule has 0 aliphatic heterocycles. The Labute approximate surface area is 611 Å². The van der Waals surface area contributed by atoms with Crippen LogP contribution in [0, 0.1) is 11.8 Å². The second kappa shape index (κ2) is 46.5. The van der Waals surface area contributed by atoms with Crippen LogP contribution in [-0.2, 0) is 35.5 Å². The quantitative estimate of drug-likeness (QED) is 0.0165. The predicted octanol–water partition coefficient (Wildman–Crippen LogP) is 31.2. The summed E-state index contributed by atoms with van der Waals surface area (Å²) in [5, 5.41) is 2.73. The van der Waals surface area contributed by atoms with Crippen LogP contribution in [0.2, 0.25) is 0 Å². The molecule has 8 aromatic rings. The monoisotopic (exact) mass is 1420 g/mol. The minimum absolute atomic E-state index is 0.573. The Morgan fingerprint density at radius 2 is 0.649 bits per heavy atom. The average molecular weight is 1420 g/mol. The lowest BCUT2D eigenvalue weighted by Crippen LogP contribution is -2.14. The number of hydrogen-bond acceptors (Lipinski definition) is 9. The molecule has 2 unspecified atom stereocenters. The largest absolute Gasteiger partial charge is 0.504 e. The molecule has 0 saturated heterocycles. The van der Waals surface area contributed by atoms with Gasteiger partial charge in [-0.2, -0.15) is 8.75 Å². The zero-order valence-electron chi connectivity index (χ0n) is 62.9. The Balaban J connectivity index is 1.33. The van der Waals surface area contributed by atoms with Gasteiger partial charge in [-0.1, -0.05) is 324 Å². The van der Waals surface area contributed by atoms with E-state index < -0.39 is 0 Å². The zero-order valence-corrected chi connectivity index (χ0v) is 67.0. The van der Waals surface area contributed by atoms with Gasteiger partial charge in [0.15, 0.2) is 0 Å². The van der Waals surface area contributed by atoms with Crippen LogP contribution in [0.25, 0.3) is 84.2 Å². The average Bonchev–Trinajstić information content (AvgIpc) is 1.51. The molecule has 0 amide bonds. The van der Waals surface area contributed by atoms with Crippen LogP contribution < -0.4 is 0 Å². The summed E-state index contributed by atoms with van der Waals surface area (Å²) in [6.07, 6.45) is 78.3. The number of aldehydes is 1. The Bertz CT molecular complexity index is 3500. The van der Waals surface area contributed by atoms with E-state index in [0.717, 1.165) is 43.3 Å². The summed E-state index contributed by atoms with van der Waals surface area (Å²) < 4.78 is 31.5. The van der Waals surface area contributed by atoms with Gasteiger partial charge in [0.2, 0.25) is 0 Å². The molecule has 11 heteroatoms. The lowest BCUT2D eigenvalue weighted by Gasteiger charge is -2.22. The van der Waals surface area contributed by atoms with Crippen LogP contribution in [0.1, 0.15) is 383 Å². The number of allylic oxidation sites excluding steroid dienone is 1. The van der Waals surface area contributed by atoms with Gasteiger partial charge in [0.1, 0.15) is 17.3 Å². The number of thiophene rings is 4. The zero-order chi connectivity index (χ0) is 68.1. The minimum Gasteiger partial charge on any atom is -0.504 e. The van der Waals surface area contributed by atoms with Crippen molar-refractivity contribution >= 4 is 148 Å². The number of hydrogen-bond donors (Lipinski definition) is 0. The molecule has 0 aliphatic rings. The van der Waals surface area contributed by atoms with Crippen LogP contribution in [-0.4, -0.2) is 31.3 Å². The summed E-state index contributed by atoms with van der Waals surface area (Å²) in [5.74, 6) is 1.16. The van der Waals surface area contributed by atoms with Crippen LogP contribution in [0.5, 0.6) is 0 Å². The number of ether oxygens (including phenoxy) is 1. The Kier molecular flexibility index (Phi) is 38.2. The van der Waals surface area contributed by atoms with E-state index in [-0.39, 0.29) is 0 Å². The number of rotatable bonds is 60. The van der Waals surface area contributed by atoms with Crippen molar-refractivity contribution in [2.75, 3.05) is 7.11 Å². The van der Waals surface area contributed by atoms with Crippen molar-refractivity contribution in [3.63, 3.8) is 0 Å². The maximum absolute atomic E-state index is 12.3. The van der Waals surface area contributed by atoms with Crippen molar-refractivity contribution in [1.82, 2.24) is 17.9 Å². The highest BCUT2D eigenvalue weighted by atomic mass is 32.1. The predicted molar refractivity (Wildman–Crippen MR) is 440 cm³/mol. The van der Waals surface area contributed by atoms with E-state index in [1.54, 1.807) is 6.08 Å². The summed E-state index contributed by atoms with van der Waals surface area (Å²) in [6, 6.07) is 0. The van der Waals surface area contributed by atoms with Crippen molar-refractivity contribution in [2.45, 2.75) is 389 Å². The van der Waals surface area contributed by atoms with Crippen molar-refractivity contribution in [1.29, 1.82) is 0 Å². The highest BCUT2D eigenvalue weighted by molar-refractivity contribution is 7.34. The molecule has 0 aliphatic carbocycles. The standard InChI is InChI=1S/C86H136N4O2S5/c1-8-14-20-26-31-35-38-40-45-51-58-68(57-50-44-39-34-29-23-17-11-4)66-89-77-73(83-79(89)85-81(95-83)69(71(93-85)61-54-63-91)59-52-46-41-36-32-27-21-15-9-2)75-76(88-97-87-75)74-78(77)90(65-67(55-48-25-19-13-6)56-49-43-30-24-18-12-5)80-84(74)96-82-70(72(62-64-92-7)94-86(80)82)60-53-47-42-37-33-28-22-16-10-3/h54,61-64,67-68H,8-53,55-60,65-66H2,1-7H3/b61-54+,64-62+. The van der Waals surface area contributed by atoms with Crippen molar-refractivity contribution < 1.29 is 9.53 Å². The number of aryl methyl sites for hydroxylation is 2. The number of aromatic nitrogens is 4. The van der Waals surface area contributed by atoms with E-state index in [1.807, 2.05) is 36.0 Å². The van der Waals surface area contributed by atoms with Crippen molar-refractivity contribution in [3.8, 4) is 0 Å². The van der Waals surface area contributed by atoms with E-state index in [1.165, 1.54) is 415 Å². The highest BCUT2D eigenvalue weighted by Gasteiger charge is 2.33. The third-order valence-electron chi connectivity index (χ3n) is 21.9. The molecule has 0 saturated carbocycles. The number of benzene rings is 1. The fourth-order valence-corrected chi connectivity index (χ4v) is 22.7. The lowest BCUT2D eigenvalue weighted by molar-refractivity contribution is -0.104. The van der Waals surface area contributed by atoms with E-state index in [0.29, 0.717) is 11.8 Å². The Hall–Kier alpha value is -3.09. The second-order valence-electron chi connectivity index (χ2n) is 30.0. The maximum Gasteiger partial charge on any atom is 0.142 e. The van der Waals surface area contributed by atoms with E-state index in [9.17, 15) is 4.79 Å². The van der Waals surface area contributed by atoms with Gasteiger partial charge in [0.05, 0.1) is 75.4 Å². The van der Waals surface area contributed by atoms with Gasteiger partial charge in [-0.25, -0.2) is 0 Å². The summed E-state index contributed by atoms with van der Waals surface area (Å²) in [7, 11) is 1.81. The number of carbonyl (C=O) groups excluding carboxylic acids is 1. The van der Waals surface area contributed by atoms with Gasteiger partial charge < -0.3 is 13.9 Å². The number of fused-ring (bicyclic) bond motifs is 14. The fraction of sp³-hybridized carbons (Fsp3) is 0.733. The molecule has 542 valence electrons. The third kappa shape index (κ3) is 23.5. The summed E-state index contributed by atoms with van der Waals surface area (Å²) in [6.45, 7) is 16.1. The normalized spacial score (nSPS) is 13.1. The van der Waals surface area contributed by atoms with Crippen LogP contribution in [0.3, 0.4) is 0 Å².